The van der Waals surface area contributed by atoms with E-state index in [1.54, 1.807) is 11.8 Å². The second kappa shape index (κ2) is 4.32. The van der Waals surface area contributed by atoms with Gasteiger partial charge in [-0.05, 0) is 23.3 Å². The number of nitrogens with zero attached hydrogens (tertiary/aromatic N) is 1. The summed E-state index contributed by atoms with van der Waals surface area (Å²) < 4.78 is 0. The summed E-state index contributed by atoms with van der Waals surface area (Å²) in [6, 6.07) is 14.7. The van der Waals surface area contributed by atoms with E-state index in [1.807, 2.05) is 24.9 Å². The summed E-state index contributed by atoms with van der Waals surface area (Å²) >= 11 is 1.73. The van der Waals surface area contributed by atoms with Crippen LogP contribution in [0.3, 0.4) is 0 Å². The number of benzene rings is 2. The number of amides is 1. The Morgan fingerprint density at radius 1 is 1.11 bits per heavy atom. The predicted molar refractivity (Wildman–Crippen MR) is 76.5 cm³/mol. The number of carbonyl (C=O) groups excluding carboxylic acids is 1. The lowest BCUT2D eigenvalue weighted by molar-refractivity contribution is -0.128. The summed E-state index contributed by atoms with van der Waals surface area (Å²) in [5.41, 5.74) is 1.23. The van der Waals surface area contributed by atoms with E-state index in [4.69, 9.17) is 0 Å². The molecular formula is C15H15NOS. The summed E-state index contributed by atoms with van der Waals surface area (Å²) in [5.74, 6) is 0.220. The summed E-state index contributed by atoms with van der Waals surface area (Å²) in [5, 5.41) is 2.67. The number of thioether (sulfide) groups is 1. The van der Waals surface area contributed by atoms with Crippen molar-refractivity contribution in [1.82, 2.24) is 4.90 Å². The van der Waals surface area contributed by atoms with Gasteiger partial charge in [0, 0.05) is 7.05 Å². The van der Waals surface area contributed by atoms with Crippen LogP contribution in [0.5, 0.6) is 0 Å². The summed E-state index contributed by atoms with van der Waals surface area (Å²) in [4.78, 5) is 13.8. The van der Waals surface area contributed by atoms with Crippen LogP contribution in [-0.2, 0) is 4.79 Å². The normalized spacial score (nSPS) is 23.9. The number of hydrogen-bond donors (Lipinski definition) is 0. The highest BCUT2D eigenvalue weighted by Crippen LogP contribution is 2.43. The van der Waals surface area contributed by atoms with Crippen LogP contribution in [0, 0.1) is 0 Å². The molecule has 18 heavy (non-hydrogen) atoms. The fourth-order valence-electron chi connectivity index (χ4n) is 2.49. The zero-order valence-corrected chi connectivity index (χ0v) is 11.3. The zero-order chi connectivity index (χ0) is 12.7. The average molecular weight is 257 g/mol. The molecular weight excluding hydrogens is 242 g/mol. The molecule has 1 amide bonds. The van der Waals surface area contributed by atoms with E-state index < -0.39 is 0 Å². The van der Waals surface area contributed by atoms with Crippen molar-refractivity contribution in [3.05, 3.63) is 48.0 Å². The highest BCUT2D eigenvalue weighted by Gasteiger charge is 2.36. The summed E-state index contributed by atoms with van der Waals surface area (Å²) in [6.45, 7) is 1.98. The van der Waals surface area contributed by atoms with Crippen LogP contribution in [0.15, 0.2) is 42.5 Å². The molecule has 0 N–H and O–H groups in total. The Bertz CT molecular complexity index is 605. The van der Waals surface area contributed by atoms with Gasteiger partial charge in [0.25, 0.3) is 0 Å². The molecule has 2 aromatic carbocycles. The average Bonchev–Trinajstić information content (AvgIpc) is 2.66. The summed E-state index contributed by atoms with van der Waals surface area (Å²) in [6.07, 6.45) is 0. The van der Waals surface area contributed by atoms with Crippen molar-refractivity contribution < 1.29 is 4.79 Å². The maximum Gasteiger partial charge on any atom is 0.236 e. The smallest absolute Gasteiger partial charge is 0.236 e. The van der Waals surface area contributed by atoms with Crippen molar-refractivity contribution >= 4 is 28.4 Å². The van der Waals surface area contributed by atoms with Crippen molar-refractivity contribution in [1.29, 1.82) is 0 Å². The molecule has 1 aliphatic heterocycles. The first-order valence-corrected chi connectivity index (χ1v) is 7.02. The van der Waals surface area contributed by atoms with Crippen molar-refractivity contribution in [2.75, 3.05) is 7.05 Å². The third-order valence-electron chi connectivity index (χ3n) is 3.47. The van der Waals surface area contributed by atoms with Gasteiger partial charge in [-0.25, -0.2) is 0 Å². The third-order valence-corrected chi connectivity index (χ3v) is 4.91. The topological polar surface area (TPSA) is 20.3 Å². The molecule has 0 spiro atoms. The van der Waals surface area contributed by atoms with Gasteiger partial charge in [-0.1, -0.05) is 42.5 Å². The molecule has 0 radical (unpaired) electrons. The summed E-state index contributed by atoms with van der Waals surface area (Å²) in [7, 11) is 1.89. The Hall–Kier alpha value is -1.48. The van der Waals surface area contributed by atoms with Gasteiger partial charge in [0.2, 0.25) is 5.91 Å². The first-order valence-electron chi connectivity index (χ1n) is 6.08. The van der Waals surface area contributed by atoms with Crippen molar-refractivity contribution in [3.63, 3.8) is 0 Å². The maximum absolute atomic E-state index is 11.9. The van der Waals surface area contributed by atoms with Gasteiger partial charge in [0.05, 0.1) is 5.25 Å². The lowest BCUT2D eigenvalue weighted by Crippen LogP contribution is -2.25. The van der Waals surface area contributed by atoms with Crippen LogP contribution < -0.4 is 0 Å². The molecule has 2 aromatic rings. The Morgan fingerprint density at radius 3 is 2.56 bits per heavy atom. The van der Waals surface area contributed by atoms with Crippen LogP contribution in [-0.4, -0.2) is 23.1 Å². The first kappa shape index (κ1) is 11.6. The molecule has 3 heteroatoms. The quantitative estimate of drug-likeness (QED) is 0.780. The van der Waals surface area contributed by atoms with Gasteiger partial charge in [0.1, 0.15) is 5.37 Å². The van der Waals surface area contributed by atoms with Gasteiger partial charge < -0.3 is 4.90 Å². The van der Waals surface area contributed by atoms with E-state index in [0.717, 1.165) is 0 Å². The Balaban J connectivity index is 2.13. The van der Waals surface area contributed by atoms with Gasteiger partial charge >= 0.3 is 0 Å². The number of rotatable bonds is 1. The molecule has 2 nitrogen and oxygen atoms in total. The minimum Gasteiger partial charge on any atom is -0.329 e. The molecule has 92 valence electrons. The Morgan fingerprint density at radius 2 is 1.83 bits per heavy atom. The second-order valence-corrected chi connectivity index (χ2v) is 6.07. The van der Waals surface area contributed by atoms with E-state index in [0.29, 0.717) is 0 Å². The molecule has 0 unspecified atom stereocenters. The monoisotopic (exact) mass is 257 g/mol. The van der Waals surface area contributed by atoms with Crippen LogP contribution in [0.2, 0.25) is 0 Å². The van der Waals surface area contributed by atoms with E-state index in [2.05, 4.69) is 36.4 Å². The van der Waals surface area contributed by atoms with Gasteiger partial charge in [0.15, 0.2) is 0 Å². The third kappa shape index (κ3) is 1.70. The fourth-order valence-corrected chi connectivity index (χ4v) is 3.80. The van der Waals surface area contributed by atoms with Crippen molar-refractivity contribution in [2.45, 2.75) is 17.5 Å². The number of carbonyl (C=O) groups is 1. The van der Waals surface area contributed by atoms with Crippen LogP contribution in [0.25, 0.3) is 10.8 Å². The second-order valence-electron chi connectivity index (χ2n) is 4.65. The van der Waals surface area contributed by atoms with Crippen molar-refractivity contribution in [3.8, 4) is 0 Å². The molecule has 0 saturated carbocycles. The van der Waals surface area contributed by atoms with Crippen LogP contribution in [0.1, 0.15) is 17.9 Å². The SMILES string of the molecule is C[C@H]1S[C@H](c2cccc3ccccc23)N(C)C1=O. The molecule has 1 saturated heterocycles. The lowest BCUT2D eigenvalue weighted by Gasteiger charge is -2.20. The molecule has 0 aromatic heterocycles. The zero-order valence-electron chi connectivity index (χ0n) is 10.5. The van der Waals surface area contributed by atoms with Gasteiger partial charge in [-0.3, -0.25) is 4.79 Å². The molecule has 2 atom stereocenters. The largest absolute Gasteiger partial charge is 0.329 e. The Labute approximate surface area is 111 Å². The van der Waals surface area contributed by atoms with E-state index in [-0.39, 0.29) is 16.5 Å². The van der Waals surface area contributed by atoms with E-state index >= 15 is 0 Å². The number of hydrogen-bond acceptors (Lipinski definition) is 2. The minimum absolute atomic E-state index is 0.0546. The molecule has 0 bridgehead atoms. The highest BCUT2D eigenvalue weighted by molar-refractivity contribution is 8.01. The van der Waals surface area contributed by atoms with E-state index in [1.165, 1.54) is 16.3 Å². The Kier molecular flexibility index (Phi) is 2.78. The van der Waals surface area contributed by atoms with Crippen LogP contribution >= 0.6 is 11.8 Å². The number of fused-ring (bicyclic) bond motifs is 1. The molecule has 3 rings (SSSR count). The van der Waals surface area contributed by atoms with Crippen molar-refractivity contribution in [2.24, 2.45) is 0 Å². The van der Waals surface area contributed by atoms with E-state index in [9.17, 15) is 4.79 Å². The minimum atomic E-state index is 0.0546. The predicted octanol–water partition coefficient (Wildman–Crippen LogP) is 3.43. The highest BCUT2D eigenvalue weighted by atomic mass is 32.2. The standard InChI is InChI=1S/C15H15NOS/c1-10-14(17)16(2)15(18-10)13-9-5-7-11-6-3-4-8-12(11)13/h3-10,15H,1-2H3/t10-,15-/m1/s1. The molecule has 1 fully saturated rings. The molecule has 0 aliphatic carbocycles. The first-order chi connectivity index (χ1) is 8.68. The fraction of sp³-hybridized carbons (Fsp3) is 0.267. The van der Waals surface area contributed by atoms with Gasteiger partial charge in [-0.15, -0.1) is 11.8 Å². The lowest BCUT2D eigenvalue weighted by atomic mass is 10.0. The molecule has 1 heterocycles. The van der Waals surface area contributed by atoms with Gasteiger partial charge in [-0.2, -0.15) is 0 Å². The maximum atomic E-state index is 11.9. The molecule has 1 aliphatic rings. The van der Waals surface area contributed by atoms with Crippen LogP contribution in [0.4, 0.5) is 0 Å².